The Labute approximate surface area is 325 Å². The molecule has 3 saturated carbocycles. The Morgan fingerprint density at radius 1 is 0.964 bits per heavy atom. The molecule has 0 bridgehead atoms. The number of carbonyl (C=O) groups is 4. The molecule has 1 aromatic carbocycles. The number of benzene rings is 1. The largest absolute Gasteiger partial charge is 0.444 e. The van der Waals surface area contributed by atoms with Gasteiger partial charge in [-0.25, -0.2) is 13.2 Å². The van der Waals surface area contributed by atoms with E-state index in [2.05, 4.69) is 20.7 Å². The summed E-state index contributed by atoms with van der Waals surface area (Å²) in [7, 11) is -3.92. The van der Waals surface area contributed by atoms with Crippen molar-refractivity contribution in [1.82, 2.24) is 30.5 Å². The number of hydrogen-bond acceptors (Lipinski definition) is 10. The van der Waals surface area contributed by atoms with Crippen LogP contribution in [0.2, 0.25) is 0 Å². The summed E-state index contributed by atoms with van der Waals surface area (Å²) in [6, 6.07) is 1.83. The molecule has 5 fully saturated rings. The van der Waals surface area contributed by atoms with Crippen LogP contribution in [0.25, 0.3) is 0 Å². The van der Waals surface area contributed by atoms with Crippen LogP contribution in [0.3, 0.4) is 0 Å². The zero-order valence-electron chi connectivity index (χ0n) is 31.5. The molecule has 4 amide bonds. The maximum absolute atomic E-state index is 14.5. The summed E-state index contributed by atoms with van der Waals surface area (Å²) in [5.41, 5.74) is -1.85. The van der Waals surface area contributed by atoms with E-state index in [1.807, 2.05) is 0 Å². The molecule has 56 heavy (non-hydrogen) atoms. The van der Waals surface area contributed by atoms with Crippen molar-refractivity contribution in [2.45, 2.75) is 157 Å². The standard InChI is InChI=1S/C38H53F3N6O8S/c39-38(40,41)29-13-8-9-23-17-18-46(22-28(23)29)36(52)55-26-19-31-32(48)44-37(34(50)45-56(53,54)27-15-16-27)20-24(37)10-4-2-1-3-5-14-30(33(49)47(31)21-26)43-35(51)42-25-11-6-7-12-25/h8-9,13,24-27,30-31,35,42-43,51H,1-7,10-12,14-22H2,(H,44,48)(H,45,50)/t24-,26-,30+,31+,35?,37-/m1/s1. The Hall–Kier alpha value is -3.48. The number of fused-ring (bicyclic) bond motifs is 3. The quantitative estimate of drug-likeness (QED) is 0.245. The second-order valence-corrected chi connectivity index (χ2v) is 18.5. The van der Waals surface area contributed by atoms with Gasteiger partial charge in [0, 0.05) is 25.6 Å². The Balaban J connectivity index is 1.12. The third-order valence-corrected chi connectivity index (χ3v) is 14.3. The van der Waals surface area contributed by atoms with Crippen LogP contribution in [0.5, 0.6) is 0 Å². The van der Waals surface area contributed by atoms with E-state index in [9.17, 15) is 45.9 Å². The number of ether oxygens (including phenoxy) is 1. The van der Waals surface area contributed by atoms with E-state index in [0.29, 0.717) is 37.7 Å². The molecule has 0 aromatic heterocycles. The summed E-state index contributed by atoms with van der Waals surface area (Å²) >= 11 is 0. The number of nitrogens with one attached hydrogen (secondary N) is 4. The molecular weight excluding hydrogens is 758 g/mol. The first kappa shape index (κ1) is 40.7. The molecule has 2 saturated heterocycles. The van der Waals surface area contributed by atoms with Crippen LogP contribution in [0.15, 0.2) is 18.2 Å². The summed E-state index contributed by atoms with van der Waals surface area (Å²) in [4.78, 5) is 58.5. The average Bonchev–Trinajstić information content (AvgIpc) is 4.02. The molecular formula is C38H53F3N6O8S. The van der Waals surface area contributed by atoms with Crippen molar-refractivity contribution < 1.29 is 50.6 Å². The van der Waals surface area contributed by atoms with Gasteiger partial charge in [0.25, 0.3) is 5.91 Å². The minimum atomic E-state index is -4.62. The fourth-order valence-electron chi connectivity index (χ4n) is 9.05. The van der Waals surface area contributed by atoms with E-state index >= 15 is 0 Å². The summed E-state index contributed by atoms with van der Waals surface area (Å²) in [5.74, 6) is -2.36. The van der Waals surface area contributed by atoms with Crippen LogP contribution < -0.4 is 20.7 Å². The SMILES string of the molecule is O=C1N[C@]2(C(=O)NS(=O)(=O)C3CC3)C[C@H]2CCCCCCC[C@H](NC(O)NC2CCCC2)C(=O)N2C[C@H](OC(=O)N3CCc4cccc(C(F)(F)F)c4C3)C[C@@H]12. The van der Waals surface area contributed by atoms with E-state index < -0.39 is 80.9 Å². The molecule has 310 valence electrons. The highest BCUT2D eigenvalue weighted by atomic mass is 32.2. The van der Waals surface area contributed by atoms with Gasteiger partial charge in [0.2, 0.25) is 21.8 Å². The zero-order valence-corrected chi connectivity index (χ0v) is 32.3. The van der Waals surface area contributed by atoms with Gasteiger partial charge in [0.15, 0.2) is 6.35 Å². The molecule has 0 spiro atoms. The summed E-state index contributed by atoms with van der Waals surface area (Å²) in [6.07, 6.45) is 2.04. The van der Waals surface area contributed by atoms with Crippen LogP contribution in [0.1, 0.15) is 113 Å². The molecule has 1 unspecified atom stereocenters. The first-order valence-electron chi connectivity index (χ1n) is 20.2. The smallest absolute Gasteiger partial charge is 0.416 e. The number of aliphatic hydroxyl groups excluding tert-OH is 1. The van der Waals surface area contributed by atoms with E-state index in [4.69, 9.17) is 4.74 Å². The average molecular weight is 811 g/mol. The van der Waals surface area contributed by atoms with Gasteiger partial charge in [0.1, 0.15) is 17.7 Å². The lowest BCUT2D eigenvalue weighted by Gasteiger charge is -2.32. The number of hydrogen-bond donors (Lipinski definition) is 5. The number of carbonyl (C=O) groups excluding carboxylic acids is 4. The summed E-state index contributed by atoms with van der Waals surface area (Å²) in [5, 5.41) is 19.3. The molecule has 14 nitrogen and oxygen atoms in total. The summed E-state index contributed by atoms with van der Waals surface area (Å²) in [6.45, 7) is -0.444. The van der Waals surface area contributed by atoms with Gasteiger partial charge >= 0.3 is 12.3 Å². The number of alkyl halides is 3. The highest BCUT2D eigenvalue weighted by molar-refractivity contribution is 7.91. The van der Waals surface area contributed by atoms with Crippen molar-refractivity contribution in [1.29, 1.82) is 0 Å². The Morgan fingerprint density at radius 2 is 1.66 bits per heavy atom. The van der Waals surface area contributed by atoms with Gasteiger partial charge in [0.05, 0.1) is 23.4 Å². The topological polar surface area (TPSA) is 186 Å². The fraction of sp³-hybridized carbons (Fsp3) is 0.737. The van der Waals surface area contributed by atoms with E-state index in [1.165, 1.54) is 15.9 Å². The number of amides is 4. The lowest BCUT2D eigenvalue weighted by molar-refractivity contribution is -0.142. The van der Waals surface area contributed by atoms with Crippen LogP contribution in [0, 0.1) is 5.92 Å². The first-order valence-corrected chi connectivity index (χ1v) is 21.7. The Bertz CT molecular complexity index is 1770. The van der Waals surface area contributed by atoms with Gasteiger partial charge in [-0.3, -0.25) is 29.7 Å². The third kappa shape index (κ3) is 9.12. The highest BCUT2D eigenvalue weighted by Gasteiger charge is 2.62. The maximum atomic E-state index is 14.5. The lowest BCUT2D eigenvalue weighted by Crippen LogP contribution is -2.59. The normalized spacial score (nSPS) is 29.9. The van der Waals surface area contributed by atoms with Crippen LogP contribution in [-0.2, 0) is 48.3 Å². The molecule has 18 heteroatoms. The van der Waals surface area contributed by atoms with E-state index in [0.717, 1.165) is 57.4 Å². The molecule has 7 rings (SSSR count). The van der Waals surface area contributed by atoms with E-state index in [1.54, 1.807) is 6.07 Å². The molecule has 3 aliphatic carbocycles. The van der Waals surface area contributed by atoms with Crippen LogP contribution in [-0.4, -0.2) is 102 Å². The van der Waals surface area contributed by atoms with Gasteiger partial charge < -0.3 is 25.0 Å². The van der Waals surface area contributed by atoms with Crippen molar-refractivity contribution in [2.75, 3.05) is 13.1 Å². The lowest BCUT2D eigenvalue weighted by atomic mass is 9.95. The number of rotatable bonds is 8. The number of halogens is 3. The predicted octanol–water partition coefficient (Wildman–Crippen LogP) is 3.16. The van der Waals surface area contributed by atoms with Crippen molar-refractivity contribution in [3.8, 4) is 0 Å². The number of aliphatic hydroxyl groups is 1. The first-order chi connectivity index (χ1) is 26.6. The number of sulfonamides is 1. The van der Waals surface area contributed by atoms with Crippen molar-refractivity contribution in [3.63, 3.8) is 0 Å². The minimum Gasteiger partial charge on any atom is -0.444 e. The van der Waals surface area contributed by atoms with Gasteiger partial charge in [-0.15, -0.1) is 0 Å². The fourth-order valence-corrected chi connectivity index (χ4v) is 10.4. The maximum Gasteiger partial charge on any atom is 0.416 e. The molecule has 5 N–H and O–H groups in total. The zero-order chi connectivity index (χ0) is 39.8. The van der Waals surface area contributed by atoms with Gasteiger partial charge in [-0.1, -0.05) is 57.1 Å². The van der Waals surface area contributed by atoms with E-state index in [-0.39, 0.29) is 56.4 Å². The van der Waals surface area contributed by atoms with Crippen molar-refractivity contribution in [3.05, 3.63) is 34.9 Å². The van der Waals surface area contributed by atoms with Crippen molar-refractivity contribution >= 4 is 33.8 Å². The molecule has 0 radical (unpaired) electrons. The molecule has 3 heterocycles. The second-order valence-electron chi connectivity index (χ2n) is 16.5. The highest BCUT2D eigenvalue weighted by Crippen LogP contribution is 2.48. The minimum absolute atomic E-state index is 0.0122. The predicted molar refractivity (Wildman–Crippen MR) is 196 cm³/mol. The number of nitrogens with zero attached hydrogens (tertiary/aromatic N) is 2. The van der Waals surface area contributed by atoms with Crippen LogP contribution >= 0.6 is 0 Å². The monoisotopic (exact) mass is 810 g/mol. The molecule has 6 aliphatic rings. The summed E-state index contributed by atoms with van der Waals surface area (Å²) < 4.78 is 75.3. The van der Waals surface area contributed by atoms with Crippen molar-refractivity contribution in [2.24, 2.45) is 5.92 Å². The van der Waals surface area contributed by atoms with Gasteiger partial charge in [-0.2, -0.15) is 13.2 Å². The Morgan fingerprint density at radius 3 is 2.38 bits per heavy atom. The third-order valence-electron chi connectivity index (χ3n) is 12.5. The van der Waals surface area contributed by atoms with Gasteiger partial charge in [-0.05, 0) is 74.5 Å². The Kier molecular flexibility index (Phi) is 11.9. The second kappa shape index (κ2) is 16.4. The van der Waals surface area contributed by atoms with Crippen LogP contribution in [0.4, 0.5) is 18.0 Å². The molecule has 1 aromatic rings. The molecule has 6 atom stereocenters. The molecule has 3 aliphatic heterocycles.